The second-order valence-corrected chi connectivity index (χ2v) is 3.96. The summed E-state index contributed by atoms with van der Waals surface area (Å²) in [5.74, 6) is -0.314. The number of aliphatic hydroxyl groups is 1. The summed E-state index contributed by atoms with van der Waals surface area (Å²) in [6.07, 6.45) is 0. The van der Waals surface area contributed by atoms with Crippen LogP contribution in [0.15, 0.2) is 18.2 Å². The monoisotopic (exact) mass is 212 g/mol. The Morgan fingerprint density at radius 3 is 2.86 bits per heavy atom. The molecule has 2 aromatic rings. The number of halogens is 1. The van der Waals surface area contributed by atoms with E-state index in [0.717, 1.165) is 4.70 Å². The van der Waals surface area contributed by atoms with E-state index < -0.39 is 0 Å². The predicted molar refractivity (Wildman–Crippen MR) is 54.3 cm³/mol. The number of ether oxygens (including phenoxy) is 1. The first kappa shape index (κ1) is 9.43. The average Bonchev–Trinajstić information content (AvgIpc) is 2.61. The Morgan fingerprint density at radius 2 is 2.21 bits per heavy atom. The molecule has 1 aromatic carbocycles. The summed E-state index contributed by atoms with van der Waals surface area (Å²) in [6.45, 7) is -0.146. The fourth-order valence-corrected chi connectivity index (χ4v) is 2.27. The van der Waals surface area contributed by atoms with Crippen molar-refractivity contribution in [3.63, 3.8) is 0 Å². The highest BCUT2D eigenvalue weighted by atomic mass is 32.1. The number of rotatable bonds is 2. The molecule has 0 bridgehead atoms. The Balaban J connectivity index is 2.67. The molecular formula is C10H9FO2S. The van der Waals surface area contributed by atoms with Gasteiger partial charge in [-0.05, 0) is 17.7 Å². The van der Waals surface area contributed by atoms with Crippen LogP contribution in [0.2, 0.25) is 0 Å². The molecule has 4 heteroatoms. The first-order chi connectivity index (χ1) is 6.74. The Bertz CT molecular complexity index is 464. The molecule has 0 amide bonds. The lowest BCUT2D eigenvalue weighted by Crippen LogP contribution is -1.84. The quantitative estimate of drug-likeness (QED) is 0.829. The molecule has 14 heavy (non-hydrogen) atoms. The van der Waals surface area contributed by atoms with Crippen LogP contribution in [-0.4, -0.2) is 12.2 Å². The van der Waals surface area contributed by atoms with Crippen molar-refractivity contribution >= 4 is 21.4 Å². The van der Waals surface area contributed by atoms with Gasteiger partial charge in [-0.15, -0.1) is 0 Å². The van der Waals surface area contributed by atoms with Crippen molar-refractivity contribution in [3.05, 3.63) is 29.6 Å². The summed E-state index contributed by atoms with van der Waals surface area (Å²) in [5, 5.41) is 10.1. The minimum Gasteiger partial charge on any atom is -0.487 e. The van der Waals surface area contributed by atoms with Gasteiger partial charge < -0.3 is 9.84 Å². The van der Waals surface area contributed by atoms with Gasteiger partial charge in [-0.2, -0.15) is 0 Å². The van der Waals surface area contributed by atoms with Crippen LogP contribution in [0.25, 0.3) is 10.1 Å². The number of hydrogen-bond acceptors (Lipinski definition) is 3. The van der Waals surface area contributed by atoms with Gasteiger partial charge in [0.05, 0.1) is 13.7 Å². The Hall–Kier alpha value is -1.13. The second kappa shape index (κ2) is 3.55. The third-order valence-electron chi connectivity index (χ3n) is 2.01. The van der Waals surface area contributed by atoms with Gasteiger partial charge in [0.25, 0.3) is 0 Å². The molecule has 0 radical (unpaired) electrons. The van der Waals surface area contributed by atoms with Gasteiger partial charge >= 0.3 is 0 Å². The number of hydrogen-bond donors (Lipinski definition) is 1. The molecule has 0 unspecified atom stereocenters. The van der Waals surface area contributed by atoms with Crippen LogP contribution < -0.4 is 4.74 Å². The van der Waals surface area contributed by atoms with E-state index in [4.69, 9.17) is 9.84 Å². The number of fused-ring (bicyclic) bond motifs is 1. The van der Waals surface area contributed by atoms with Gasteiger partial charge in [-0.1, -0.05) is 11.3 Å². The highest BCUT2D eigenvalue weighted by molar-refractivity contribution is 7.20. The molecule has 2 nitrogen and oxygen atoms in total. The van der Waals surface area contributed by atoms with Gasteiger partial charge in [-0.25, -0.2) is 4.39 Å². The number of benzene rings is 1. The van der Waals surface area contributed by atoms with E-state index in [1.165, 1.54) is 17.4 Å². The lowest BCUT2D eigenvalue weighted by molar-refractivity contribution is 0.281. The van der Waals surface area contributed by atoms with Crippen molar-refractivity contribution in [2.75, 3.05) is 7.11 Å². The minimum absolute atomic E-state index is 0.146. The Labute approximate surface area is 84.6 Å². The highest BCUT2D eigenvalue weighted by Gasteiger charge is 2.08. The molecule has 0 aliphatic heterocycles. The fourth-order valence-electron chi connectivity index (χ4n) is 1.32. The van der Waals surface area contributed by atoms with Gasteiger partial charge in [0.2, 0.25) is 0 Å². The molecule has 0 spiro atoms. The molecule has 0 atom stereocenters. The largest absolute Gasteiger partial charge is 0.487 e. The van der Waals surface area contributed by atoms with Crippen LogP contribution in [-0.2, 0) is 6.61 Å². The highest BCUT2D eigenvalue weighted by Crippen LogP contribution is 2.33. The topological polar surface area (TPSA) is 29.5 Å². The van der Waals surface area contributed by atoms with E-state index in [1.807, 2.05) is 0 Å². The standard InChI is InChI=1S/C10H9FO2S/c1-13-10-4-7-8(11)2-6(5-12)3-9(7)14-10/h2-4,12H,5H2,1H3. The van der Waals surface area contributed by atoms with Crippen molar-refractivity contribution in [2.45, 2.75) is 6.61 Å². The van der Waals surface area contributed by atoms with Crippen molar-refractivity contribution < 1.29 is 14.2 Å². The fraction of sp³-hybridized carbons (Fsp3) is 0.200. The molecule has 1 aromatic heterocycles. The summed E-state index contributed by atoms with van der Waals surface area (Å²) < 4.78 is 19.2. The number of thiophene rings is 1. The SMILES string of the molecule is COc1cc2c(F)cc(CO)cc2s1. The first-order valence-electron chi connectivity index (χ1n) is 4.11. The van der Waals surface area contributed by atoms with E-state index in [2.05, 4.69) is 0 Å². The van der Waals surface area contributed by atoms with E-state index in [0.29, 0.717) is 16.0 Å². The van der Waals surface area contributed by atoms with Gasteiger partial charge in [0, 0.05) is 16.2 Å². The lowest BCUT2D eigenvalue weighted by atomic mass is 10.2. The van der Waals surface area contributed by atoms with Crippen LogP contribution in [0.3, 0.4) is 0 Å². The molecule has 2 rings (SSSR count). The van der Waals surface area contributed by atoms with Crippen LogP contribution >= 0.6 is 11.3 Å². The average molecular weight is 212 g/mol. The zero-order chi connectivity index (χ0) is 10.1. The molecule has 0 aliphatic carbocycles. The van der Waals surface area contributed by atoms with Crippen LogP contribution in [0.1, 0.15) is 5.56 Å². The minimum atomic E-state index is -0.314. The molecular weight excluding hydrogens is 203 g/mol. The molecule has 74 valence electrons. The number of methoxy groups -OCH3 is 1. The van der Waals surface area contributed by atoms with E-state index in [1.54, 1.807) is 19.2 Å². The summed E-state index contributed by atoms with van der Waals surface area (Å²) >= 11 is 1.37. The smallest absolute Gasteiger partial charge is 0.174 e. The summed E-state index contributed by atoms with van der Waals surface area (Å²) in [6, 6.07) is 4.77. The van der Waals surface area contributed by atoms with Crippen LogP contribution in [0.4, 0.5) is 4.39 Å². The predicted octanol–water partition coefficient (Wildman–Crippen LogP) is 2.54. The van der Waals surface area contributed by atoms with Gasteiger partial charge in [-0.3, -0.25) is 0 Å². The summed E-state index contributed by atoms with van der Waals surface area (Å²) in [4.78, 5) is 0. The molecule has 1 N–H and O–H groups in total. The van der Waals surface area contributed by atoms with E-state index in [-0.39, 0.29) is 12.4 Å². The Morgan fingerprint density at radius 1 is 1.43 bits per heavy atom. The second-order valence-electron chi connectivity index (χ2n) is 2.92. The first-order valence-corrected chi connectivity index (χ1v) is 4.93. The van der Waals surface area contributed by atoms with Gasteiger partial charge in [0.15, 0.2) is 5.06 Å². The normalized spacial score (nSPS) is 10.8. The third kappa shape index (κ3) is 1.47. The van der Waals surface area contributed by atoms with Gasteiger partial charge in [0.1, 0.15) is 5.82 Å². The van der Waals surface area contributed by atoms with Crippen molar-refractivity contribution in [1.82, 2.24) is 0 Å². The van der Waals surface area contributed by atoms with Crippen molar-refractivity contribution in [3.8, 4) is 5.06 Å². The number of aliphatic hydroxyl groups excluding tert-OH is 1. The zero-order valence-electron chi connectivity index (χ0n) is 7.58. The summed E-state index contributed by atoms with van der Waals surface area (Å²) in [7, 11) is 1.55. The third-order valence-corrected chi connectivity index (χ3v) is 3.05. The zero-order valence-corrected chi connectivity index (χ0v) is 8.40. The molecule has 1 heterocycles. The summed E-state index contributed by atoms with van der Waals surface area (Å²) in [5.41, 5.74) is 0.583. The molecule has 0 saturated heterocycles. The van der Waals surface area contributed by atoms with E-state index >= 15 is 0 Å². The maximum atomic E-state index is 13.4. The van der Waals surface area contributed by atoms with Crippen LogP contribution in [0, 0.1) is 5.82 Å². The maximum absolute atomic E-state index is 13.4. The Kier molecular flexibility index (Phi) is 2.39. The van der Waals surface area contributed by atoms with E-state index in [9.17, 15) is 4.39 Å². The molecule has 0 fully saturated rings. The molecule has 0 saturated carbocycles. The molecule has 0 aliphatic rings. The van der Waals surface area contributed by atoms with Crippen LogP contribution in [0.5, 0.6) is 5.06 Å². The maximum Gasteiger partial charge on any atom is 0.174 e. The van der Waals surface area contributed by atoms with Crippen molar-refractivity contribution in [1.29, 1.82) is 0 Å². The van der Waals surface area contributed by atoms with Crippen molar-refractivity contribution in [2.24, 2.45) is 0 Å². The lowest BCUT2D eigenvalue weighted by Gasteiger charge is -1.96.